The lowest BCUT2D eigenvalue weighted by molar-refractivity contribution is 0.105. The van der Waals surface area contributed by atoms with Gasteiger partial charge in [-0.1, -0.05) is 65.6 Å². The molecule has 0 aliphatic heterocycles. The summed E-state index contributed by atoms with van der Waals surface area (Å²) in [6.45, 7) is 3.95. The summed E-state index contributed by atoms with van der Waals surface area (Å²) in [5.74, 6) is 4.06. The van der Waals surface area contributed by atoms with E-state index in [1.54, 1.807) is 12.1 Å². The average molecular weight is 290 g/mol. The van der Waals surface area contributed by atoms with Crippen molar-refractivity contribution in [3.8, 4) is 24.7 Å². The maximum absolute atomic E-state index is 10.9. The van der Waals surface area contributed by atoms with Crippen molar-refractivity contribution in [2.24, 2.45) is 0 Å². The predicted molar refractivity (Wildman–Crippen MR) is 89.3 cm³/mol. The number of aliphatic hydroxyl groups is 1. The zero-order chi connectivity index (χ0) is 16.5. The summed E-state index contributed by atoms with van der Waals surface area (Å²) in [5, 5.41) is 9.18. The molecule has 22 heavy (non-hydrogen) atoms. The highest BCUT2D eigenvalue weighted by molar-refractivity contribution is 6.08. The Balaban J connectivity index is 0.000000220. The molecule has 0 aliphatic rings. The summed E-state index contributed by atoms with van der Waals surface area (Å²) in [4.78, 5) is 10.9. The van der Waals surface area contributed by atoms with E-state index in [0.29, 0.717) is 5.56 Å². The summed E-state index contributed by atoms with van der Waals surface area (Å²) in [5.41, 5.74) is 3.65. The van der Waals surface area contributed by atoms with E-state index in [-0.39, 0.29) is 5.78 Å². The van der Waals surface area contributed by atoms with Gasteiger partial charge in [-0.25, -0.2) is 0 Å². The van der Waals surface area contributed by atoms with Gasteiger partial charge in [0.05, 0.1) is 0 Å². The smallest absolute Gasteiger partial charge is 0.235 e. The Labute approximate surface area is 131 Å². The summed E-state index contributed by atoms with van der Waals surface area (Å²) in [6, 6.07) is 14.7. The first-order valence-electron chi connectivity index (χ1n) is 6.76. The highest BCUT2D eigenvalue weighted by atomic mass is 16.3. The Hall–Kier alpha value is -2.81. The molecule has 0 radical (unpaired) electrons. The van der Waals surface area contributed by atoms with Crippen molar-refractivity contribution < 1.29 is 9.90 Å². The summed E-state index contributed by atoms with van der Waals surface area (Å²) >= 11 is 0. The van der Waals surface area contributed by atoms with Crippen LogP contribution in [0.4, 0.5) is 0 Å². The second-order valence-electron chi connectivity index (χ2n) is 4.82. The van der Waals surface area contributed by atoms with Crippen LogP contribution >= 0.6 is 0 Å². The zero-order valence-corrected chi connectivity index (χ0v) is 12.7. The van der Waals surface area contributed by atoms with Gasteiger partial charge in [0, 0.05) is 5.56 Å². The number of hydrogen-bond acceptors (Lipinski definition) is 2. The quantitative estimate of drug-likeness (QED) is 0.522. The highest BCUT2D eigenvalue weighted by Gasteiger charge is 2.00. The van der Waals surface area contributed by atoms with E-state index >= 15 is 0 Å². The monoisotopic (exact) mass is 290 g/mol. The number of hydrogen-bond donors (Lipinski definition) is 1. The van der Waals surface area contributed by atoms with E-state index in [0.717, 1.165) is 16.7 Å². The molecule has 0 spiro atoms. The molecule has 0 bridgehead atoms. The summed E-state index contributed by atoms with van der Waals surface area (Å²) < 4.78 is 0. The molecule has 2 nitrogen and oxygen atoms in total. The van der Waals surface area contributed by atoms with Crippen LogP contribution in [0.2, 0.25) is 0 Å². The highest BCUT2D eigenvalue weighted by Crippen LogP contribution is 2.11. The van der Waals surface area contributed by atoms with E-state index in [9.17, 15) is 9.90 Å². The first kappa shape index (κ1) is 17.2. The number of aliphatic hydroxyl groups excluding tert-OH is 1. The summed E-state index contributed by atoms with van der Waals surface area (Å²) in [7, 11) is 0. The summed E-state index contributed by atoms with van der Waals surface area (Å²) in [6.07, 6.45) is 9.22. The molecule has 2 aromatic rings. The Bertz CT molecular complexity index is 695. The minimum atomic E-state index is -0.768. The van der Waals surface area contributed by atoms with E-state index in [4.69, 9.17) is 12.8 Å². The number of ketones is 1. The first-order valence-corrected chi connectivity index (χ1v) is 6.76. The zero-order valence-electron chi connectivity index (χ0n) is 12.7. The molecule has 0 aliphatic carbocycles. The van der Waals surface area contributed by atoms with Crippen LogP contribution in [-0.2, 0) is 0 Å². The molecule has 0 heterocycles. The van der Waals surface area contributed by atoms with E-state index in [2.05, 4.69) is 11.8 Å². The predicted octanol–water partition coefficient (Wildman–Crippen LogP) is 3.47. The average Bonchev–Trinajstić information content (AvgIpc) is 2.55. The SMILES string of the molecule is C#CC(=O)c1ccc(C)cc1.C#CC(O)c1ccc(C)cc1. The Morgan fingerprint density at radius 2 is 1.41 bits per heavy atom. The first-order chi connectivity index (χ1) is 10.5. The van der Waals surface area contributed by atoms with Gasteiger partial charge >= 0.3 is 0 Å². The Morgan fingerprint density at radius 1 is 0.955 bits per heavy atom. The number of aryl methyl sites for hydroxylation is 2. The lowest BCUT2D eigenvalue weighted by Gasteiger charge is -2.02. The van der Waals surface area contributed by atoms with Crippen molar-refractivity contribution in [2.45, 2.75) is 20.0 Å². The van der Waals surface area contributed by atoms with Crippen LogP contribution in [0.1, 0.15) is 33.2 Å². The Kier molecular flexibility index (Phi) is 6.64. The molecule has 0 fully saturated rings. The Morgan fingerprint density at radius 3 is 1.82 bits per heavy atom. The standard InChI is InChI=1S/C10H10O.C10H8O/c2*1-3-10(11)9-6-4-8(2)5-7-9/h1,4-7,10-11H,2H3;1,4-7H,2H3. The molecule has 0 saturated carbocycles. The van der Waals surface area contributed by atoms with Crippen molar-refractivity contribution in [3.63, 3.8) is 0 Å². The van der Waals surface area contributed by atoms with Gasteiger partial charge in [0.25, 0.3) is 0 Å². The van der Waals surface area contributed by atoms with Crippen LogP contribution in [0, 0.1) is 38.5 Å². The fourth-order valence-corrected chi connectivity index (χ4v) is 1.63. The van der Waals surface area contributed by atoms with Gasteiger partial charge in [0.2, 0.25) is 5.78 Å². The van der Waals surface area contributed by atoms with Crippen molar-refractivity contribution in [2.75, 3.05) is 0 Å². The van der Waals surface area contributed by atoms with E-state index < -0.39 is 6.10 Å². The van der Waals surface area contributed by atoms with Gasteiger partial charge < -0.3 is 5.11 Å². The van der Waals surface area contributed by atoms with Crippen LogP contribution in [0.15, 0.2) is 48.5 Å². The van der Waals surface area contributed by atoms with E-state index in [1.807, 2.05) is 50.2 Å². The maximum atomic E-state index is 10.9. The van der Waals surface area contributed by atoms with Crippen molar-refractivity contribution in [1.82, 2.24) is 0 Å². The number of carbonyl (C=O) groups excluding carboxylic acids is 1. The molecule has 110 valence electrons. The molecule has 0 amide bonds. The largest absolute Gasteiger partial charge is 0.376 e. The molecule has 0 aromatic heterocycles. The topological polar surface area (TPSA) is 37.3 Å². The number of benzene rings is 2. The molecule has 1 atom stereocenters. The van der Waals surface area contributed by atoms with Crippen LogP contribution in [0.5, 0.6) is 0 Å². The van der Waals surface area contributed by atoms with Gasteiger partial charge in [-0.15, -0.1) is 12.8 Å². The molecular formula is C20H18O2. The van der Waals surface area contributed by atoms with Gasteiger partial charge in [-0.3, -0.25) is 4.79 Å². The normalized spacial score (nSPS) is 10.4. The van der Waals surface area contributed by atoms with Gasteiger partial charge in [-0.05, 0) is 25.3 Å². The number of Topliss-reactive ketones (excluding diaryl/α,β-unsaturated/α-hetero) is 1. The molecule has 0 saturated heterocycles. The van der Waals surface area contributed by atoms with Crippen molar-refractivity contribution >= 4 is 5.78 Å². The van der Waals surface area contributed by atoms with Crippen LogP contribution in [0.25, 0.3) is 0 Å². The minimum Gasteiger partial charge on any atom is -0.376 e. The molecular weight excluding hydrogens is 272 g/mol. The molecule has 2 rings (SSSR count). The van der Waals surface area contributed by atoms with Crippen LogP contribution < -0.4 is 0 Å². The van der Waals surface area contributed by atoms with Crippen molar-refractivity contribution in [3.05, 3.63) is 70.8 Å². The molecule has 1 N–H and O–H groups in total. The number of carbonyl (C=O) groups is 1. The fourth-order valence-electron chi connectivity index (χ4n) is 1.63. The van der Waals surface area contributed by atoms with Crippen LogP contribution in [0.3, 0.4) is 0 Å². The number of terminal acetylenes is 2. The van der Waals surface area contributed by atoms with Crippen molar-refractivity contribution in [1.29, 1.82) is 0 Å². The third-order valence-corrected chi connectivity index (χ3v) is 3.00. The lowest BCUT2D eigenvalue weighted by Crippen LogP contribution is -1.93. The second-order valence-corrected chi connectivity index (χ2v) is 4.82. The maximum Gasteiger partial charge on any atom is 0.235 e. The number of rotatable bonds is 2. The minimum absolute atomic E-state index is 0.259. The third-order valence-electron chi connectivity index (χ3n) is 3.00. The van der Waals surface area contributed by atoms with Crippen LogP contribution in [-0.4, -0.2) is 10.9 Å². The molecule has 2 aromatic carbocycles. The van der Waals surface area contributed by atoms with Gasteiger partial charge in [0.15, 0.2) is 0 Å². The second kappa shape index (κ2) is 8.47. The third kappa shape index (κ3) is 5.29. The van der Waals surface area contributed by atoms with E-state index in [1.165, 1.54) is 0 Å². The fraction of sp³-hybridized carbons (Fsp3) is 0.150. The molecule has 2 heteroatoms. The molecule has 1 unspecified atom stereocenters. The van der Waals surface area contributed by atoms with Gasteiger partial charge in [-0.2, -0.15) is 0 Å². The van der Waals surface area contributed by atoms with Gasteiger partial charge in [0.1, 0.15) is 6.10 Å². The lowest BCUT2D eigenvalue weighted by atomic mass is 10.1.